The molecule has 2 aromatic rings. The summed E-state index contributed by atoms with van der Waals surface area (Å²) in [5, 5.41) is 0. The Labute approximate surface area is 112 Å². The fraction of sp³-hybridized carbons (Fsp3) is 0.286. The van der Waals surface area contributed by atoms with E-state index in [1.54, 1.807) is 4.57 Å². The average Bonchev–Trinajstić information content (AvgIpc) is 2.70. The molecule has 0 saturated heterocycles. The van der Waals surface area contributed by atoms with E-state index in [2.05, 4.69) is 4.98 Å². The van der Waals surface area contributed by atoms with Gasteiger partial charge in [0.05, 0.1) is 0 Å². The van der Waals surface area contributed by atoms with Crippen LogP contribution in [0, 0.1) is 0 Å². The molecule has 0 bridgehead atoms. The normalized spacial score (nSPS) is 11.3. The van der Waals surface area contributed by atoms with Crippen molar-refractivity contribution in [1.82, 2.24) is 9.55 Å². The molecule has 0 aliphatic rings. The number of nitrogen functional groups attached to an aromatic ring is 1. The van der Waals surface area contributed by atoms with E-state index in [0.29, 0.717) is 0 Å². The van der Waals surface area contributed by atoms with Crippen molar-refractivity contribution in [2.75, 3.05) is 5.73 Å². The Hall–Kier alpha value is -2.30. The monoisotopic (exact) mass is 259 g/mol. The summed E-state index contributed by atoms with van der Waals surface area (Å²) in [6.45, 7) is 5.43. The molecule has 5 heteroatoms. The summed E-state index contributed by atoms with van der Waals surface area (Å²) in [6, 6.07) is 9.40. The van der Waals surface area contributed by atoms with E-state index in [4.69, 9.17) is 10.5 Å². The first kappa shape index (κ1) is 13.1. The quantitative estimate of drug-likeness (QED) is 0.841. The number of hydrogen-bond donors (Lipinski definition) is 1. The Balaban J connectivity index is 2.42. The molecule has 2 rings (SSSR count). The topological polar surface area (TPSA) is 70.1 Å². The Morgan fingerprint density at radius 3 is 2.47 bits per heavy atom. The van der Waals surface area contributed by atoms with E-state index in [1.807, 2.05) is 51.1 Å². The van der Waals surface area contributed by atoms with Crippen molar-refractivity contribution < 1.29 is 9.53 Å². The molecular weight excluding hydrogens is 242 g/mol. The maximum Gasteiger partial charge on any atom is 0.359 e. The van der Waals surface area contributed by atoms with E-state index in [0.717, 1.165) is 5.69 Å². The van der Waals surface area contributed by atoms with E-state index in [-0.39, 0.29) is 11.5 Å². The zero-order valence-corrected chi connectivity index (χ0v) is 11.3. The highest BCUT2D eigenvalue weighted by atomic mass is 16.6. The number of imidazole rings is 1. The maximum absolute atomic E-state index is 12.2. The molecule has 0 aliphatic carbocycles. The largest absolute Gasteiger partial charge is 0.455 e. The highest BCUT2D eigenvalue weighted by Gasteiger charge is 2.24. The van der Waals surface area contributed by atoms with E-state index < -0.39 is 11.6 Å². The van der Waals surface area contributed by atoms with Crippen LogP contribution < -0.4 is 5.73 Å². The van der Waals surface area contributed by atoms with Crippen LogP contribution >= 0.6 is 0 Å². The van der Waals surface area contributed by atoms with Gasteiger partial charge in [-0.2, -0.15) is 0 Å². The molecule has 0 unspecified atom stereocenters. The first-order valence-electron chi connectivity index (χ1n) is 6.00. The lowest BCUT2D eigenvalue weighted by Gasteiger charge is -2.20. The van der Waals surface area contributed by atoms with Crippen LogP contribution in [0.3, 0.4) is 0 Å². The molecule has 1 aromatic heterocycles. The van der Waals surface area contributed by atoms with Gasteiger partial charge >= 0.3 is 5.97 Å². The van der Waals surface area contributed by atoms with Crippen LogP contribution in [0.4, 0.5) is 5.82 Å². The van der Waals surface area contributed by atoms with Crippen LogP contribution in [-0.2, 0) is 4.74 Å². The van der Waals surface area contributed by atoms with Crippen LogP contribution in [0.15, 0.2) is 36.7 Å². The summed E-state index contributed by atoms with van der Waals surface area (Å²) in [5.74, 6) is -0.315. The van der Waals surface area contributed by atoms with Crippen molar-refractivity contribution >= 4 is 11.8 Å². The van der Waals surface area contributed by atoms with Crippen molar-refractivity contribution in [2.24, 2.45) is 0 Å². The van der Waals surface area contributed by atoms with Gasteiger partial charge in [-0.25, -0.2) is 9.78 Å². The first-order valence-corrected chi connectivity index (χ1v) is 6.00. The summed E-state index contributed by atoms with van der Waals surface area (Å²) in [7, 11) is 0. The third-order valence-corrected chi connectivity index (χ3v) is 2.42. The zero-order chi connectivity index (χ0) is 14.0. The molecule has 100 valence electrons. The highest BCUT2D eigenvalue weighted by Crippen LogP contribution is 2.20. The fourth-order valence-corrected chi connectivity index (χ4v) is 1.68. The van der Waals surface area contributed by atoms with E-state index in [9.17, 15) is 4.79 Å². The number of aromatic nitrogens is 2. The number of nitrogens with two attached hydrogens (primary N) is 1. The number of rotatable bonds is 2. The fourth-order valence-electron chi connectivity index (χ4n) is 1.68. The van der Waals surface area contributed by atoms with Gasteiger partial charge in [0.15, 0.2) is 11.5 Å². The highest BCUT2D eigenvalue weighted by molar-refractivity contribution is 5.93. The molecule has 1 aromatic carbocycles. The number of nitrogens with zero attached hydrogens (tertiary/aromatic N) is 2. The molecule has 5 nitrogen and oxygen atoms in total. The van der Waals surface area contributed by atoms with Crippen molar-refractivity contribution in [3.05, 3.63) is 42.4 Å². The molecule has 19 heavy (non-hydrogen) atoms. The average molecular weight is 259 g/mol. The molecule has 1 heterocycles. The van der Waals surface area contributed by atoms with Crippen molar-refractivity contribution in [1.29, 1.82) is 0 Å². The molecule has 0 saturated carbocycles. The minimum atomic E-state index is -0.574. The van der Waals surface area contributed by atoms with Crippen LogP contribution in [0.1, 0.15) is 31.3 Å². The van der Waals surface area contributed by atoms with Crippen LogP contribution in [-0.4, -0.2) is 21.1 Å². The second kappa shape index (κ2) is 4.76. The number of carbonyl (C=O) groups is 1. The minimum Gasteiger partial charge on any atom is -0.455 e. The molecule has 0 aliphatic heterocycles. The second-order valence-electron chi connectivity index (χ2n) is 5.19. The number of para-hydroxylation sites is 1. The Morgan fingerprint density at radius 2 is 1.89 bits per heavy atom. The molecule has 0 amide bonds. The van der Waals surface area contributed by atoms with Crippen LogP contribution in [0.2, 0.25) is 0 Å². The summed E-state index contributed by atoms with van der Waals surface area (Å²) in [5.41, 5.74) is 6.26. The standard InChI is InChI=1S/C14H17N3O2/c1-14(2,3)19-13(18)11-12(15)16-9-17(11)10-7-5-4-6-8-10/h4-9H,15H2,1-3H3. The molecule has 2 N–H and O–H groups in total. The third kappa shape index (κ3) is 2.93. The van der Waals surface area contributed by atoms with Gasteiger partial charge in [0.1, 0.15) is 11.9 Å². The lowest BCUT2D eigenvalue weighted by Crippen LogP contribution is -2.25. The number of ether oxygens (including phenoxy) is 1. The molecular formula is C14H17N3O2. The Morgan fingerprint density at radius 1 is 1.26 bits per heavy atom. The molecule has 0 radical (unpaired) electrons. The van der Waals surface area contributed by atoms with Gasteiger partial charge in [-0.05, 0) is 32.9 Å². The molecule has 0 atom stereocenters. The van der Waals surface area contributed by atoms with Gasteiger partial charge in [0.2, 0.25) is 0 Å². The second-order valence-corrected chi connectivity index (χ2v) is 5.19. The van der Waals surface area contributed by atoms with E-state index >= 15 is 0 Å². The van der Waals surface area contributed by atoms with Gasteiger partial charge in [-0.3, -0.25) is 4.57 Å². The minimum absolute atomic E-state index is 0.165. The van der Waals surface area contributed by atoms with Gasteiger partial charge < -0.3 is 10.5 Å². The Bertz CT molecular complexity index is 582. The van der Waals surface area contributed by atoms with Crippen molar-refractivity contribution in [3.63, 3.8) is 0 Å². The first-order chi connectivity index (χ1) is 8.88. The zero-order valence-electron chi connectivity index (χ0n) is 11.3. The third-order valence-electron chi connectivity index (χ3n) is 2.42. The smallest absolute Gasteiger partial charge is 0.359 e. The number of anilines is 1. The predicted octanol–water partition coefficient (Wildman–Crippen LogP) is 2.41. The summed E-state index contributed by atoms with van der Waals surface area (Å²) >= 11 is 0. The predicted molar refractivity (Wildman–Crippen MR) is 73.1 cm³/mol. The van der Waals surface area contributed by atoms with Gasteiger partial charge in [-0.1, -0.05) is 18.2 Å². The molecule has 0 fully saturated rings. The number of hydrogen-bond acceptors (Lipinski definition) is 4. The van der Waals surface area contributed by atoms with E-state index in [1.165, 1.54) is 6.33 Å². The number of carbonyl (C=O) groups excluding carboxylic acids is 1. The maximum atomic E-state index is 12.2. The number of esters is 1. The summed E-state index contributed by atoms with van der Waals surface area (Å²) in [4.78, 5) is 16.2. The lowest BCUT2D eigenvalue weighted by molar-refractivity contribution is 0.00619. The number of benzene rings is 1. The molecule has 0 spiro atoms. The summed E-state index contributed by atoms with van der Waals surface area (Å²) < 4.78 is 6.97. The SMILES string of the molecule is CC(C)(C)OC(=O)c1c(N)ncn1-c1ccccc1. The Kier molecular flexibility index (Phi) is 3.29. The van der Waals surface area contributed by atoms with Crippen molar-refractivity contribution in [3.8, 4) is 5.69 Å². The van der Waals surface area contributed by atoms with Crippen molar-refractivity contribution in [2.45, 2.75) is 26.4 Å². The van der Waals surface area contributed by atoms with Crippen LogP contribution in [0.5, 0.6) is 0 Å². The van der Waals surface area contributed by atoms with Gasteiger partial charge in [0, 0.05) is 5.69 Å². The lowest BCUT2D eigenvalue weighted by atomic mass is 10.2. The van der Waals surface area contributed by atoms with Gasteiger partial charge in [0.25, 0.3) is 0 Å². The van der Waals surface area contributed by atoms with Gasteiger partial charge in [-0.15, -0.1) is 0 Å². The summed E-state index contributed by atoms with van der Waals surface area (Å²) in [6.07, 6.45) is 1.52. The van der Waals surface area contributed by atoms with Crippen LogP contribution in [0.25, 0.3) is 5.69 Å².